The first-order valence-electron chi connectivity index (χ1n) is 33.2. The fourth-order valence-corrected chi connectivity index (χ4v) is 9.81. The third-order valence-electron chi connectivity index (χ3n) is 14.2. The fourth-order valence-electron chi connectivity index (χ4n) is 9.08. The van der Waals surface area contributed by atoms with Crippen LogP contribution in [0.4, 0.5) is 0 Å². The number of hydrogen-bond donors (Lipinski definition) is 1. The molecule has 0 aliphatic carbocycles. The van der Waals surface area contributed by atoms with Crippen molar-refractivity contribution in [3.63, 3.8) is 0 Å². The molecule has 0 bridgehead atoms. The number of carbonyl (C=O) groups is 2. The second-order valence-corrected chi connectivity index (χ2v) is 24.6. The summed E-state index contributed by atoms with van der Waals surface area (Å²) in [7, 11) is 1.14. The number of unbranched alkanes of at least 4 members (excludes halogenated alkanes) is 27. The molecule has 0 aromatic carbocycles. The van der Waals surface area contributed by atoms with Crippen molar-refractivity contribution in [2.45, 2.75) is 290 Å². The summed E-state index contributed by atoms with van der Waals surface area (Å²) in [6, 6.07) is -0.920. The van der Waals surface area contributed by atoms with Gasteiger partial charge in [-0.3, -0.25) is 14.2 Å². The van der Waals surface area contributed by atoms with E-state index in [9.17, 15) is 19.0 Å². The Morgan fingerprint density at radius 3 is 1.22 bits per heavy atom. The number of likely N-dealkylation sites (N-methyl/N-ethyl adjacent to an activating group) is 1. The molecule has 0 spiro atoms. The molecule has 0 saturated carbocycles. The van der Waals surface area contributed by atoms with E-state index in [1.165, 1.54) is 135 Å². The summed E-state index contributed by atoms with van der Waals surface area (Å²) in [5.41, 5.74) is 0. The highest BCUT2D eigenvalue weighted by atomic mass is 31.2. The van der Waals surface area contributed by atoms with Gasteiger partial charge in [-0.15, -0.1) is 0 Å². The minimum atomic E-state index is -4.72. The van der Waals surface area contributed by atoms with E-state index in [0.29, 0.717) is 17.4 Å². The van der Waals surface area contributed by atoms with E-state index in [1.54, 1.807) is 0 Å². The SMILES string of the molecule is CC/C=C\C/C=C\C/C=C\C/C=C\C/C=C\C/C=C\CCCCC(=O)NC(COP(=O)([O-])OCC[N+](C)(C)C)C(/C=C/CCCCCCCCCCCCC)OC(=O)CCCCCCCCCCCCC/C=C\C/C=C\CCCCC. The van der Waals surface area contributed by atoms with Gasteiger partial charge in [-0.1, -0.05) is 259 Å². The third kappa shape index (κ3) is 61.1. The maximum Gasteiger partial charge on any atom is 0.306 e. The lowest BCUT2D eigenvalue weighted by atomic mass is 10.0. The van der Waals surface area contributed by atoms with Crippen molar-refractivity contribution >= 4 is 19.7 Å². The van der Waals surface area contributed by atoms with Gasteiger partial charge in [-0.05, 0) is 115 Å². The number of amides is 1. The van der Waals surface area contributed by atoms with E-state index in [2.05, 4.69) is 123 Å². The Hall–Kier alpha value is -3.33. The van der Waals surface area contributed by atoms with E-state index in [-0.39, 0.29) is 31.3 Å². The molecule has 81 heavy (non-hydrogen) atoms. The molecule has 0 aliphatic rings. The summed E-state index contributed by atoms with van der Waals surface area (Å²) in [5, 5.41) is 3.01. The molecule has 0 saturated heterocycles. The highest BCUT2D eigenvalue weighted by molar-refractivity contribution is 7.45. The van der Waals surface area contributed by atoms with Crippen LogP contribution in [0.2, 0.25) is 0 Å². The molecular formula is C71H125N2O7P. The van der Waals surface area contributed by atoms with Crippen molar-refractivity contribution in [3.05, 3.63) is 109 Å². The van der Waals surface area contributed by atoms with Crippen molar-refractivity contribution in [2.24, 2.45) is 0 Å². The highest BCUT2D eigenvalue weighted by Crippen LogP contribution is 2.38. The van der Waals surface area contributed by atoms with Gasteiger partial charge in [-0.2, -0.15) is 0 Å². The molecule has 9 nitrogen and oxygen atoms in total. The van der Waals surface area contributed by atoms with E-state index in [1.807, 2.05) is 33.3 Å². The molecule has 466 valence electrons. The monoisotopic (exact) mass is 1150 g/mol. The van der Waals surface area contributed by atoms with Gasteiger partial charge in [0, 0.05) is 12.8 Å². The maximum atomic E-state index is 13.6. The first-order valence-corrected chi connectivity index (χ1v) is 34.7. The minimum Gasteiger partial charge on any atom is -0.756 e. The Morgan fingerprint density at radius 1 is 0.444 bits per heavy atom. The summed E-state index contributed by atoms with van der Waals surface area (Å²) < 4.78 is 30.4. The van der Waals surface area contributed by atoms with Gasteiger partial charge in [0.1, 0.15) is 19.3 Å². The Kier molecular flexibility index (Phi) is 57.4. The summed E-state index contributed by atoms with van der Waals surface area (Å²) >= 11 is 0. The van der Waals surface area contributed by atoms with Crippen molar-refractivity contribution in [1.82, 2.24) is 5.32 Å². The lowest BCUT2D eigenvalue weighted by molar-refractivity contribution is -0.870. The van der Waals surface area contributed by atoms with E-state index in [0.717, 1.165) is 103 Å². The van der Waals surface area contributed by atoms with Gasteiger partial charge in [0.05, 0.1) is 33.8 Å². The van der Waals surface area contributed by atoms with Crippen LogP contribution >= 0.6 is 7.82 Å². The molecule has 0 rings (SSSR count). The molecule has 0 aromatic rings. The number of rotatable bonds is 59. The smallest absolute Gasteiger partial charge is 0.306 e. The Labute approximate surface area is 500 Å². The van der Waals surface area contributed by atoms with Crippen LogP contribution in [0.15, 0.2) is 109 Å². The average Bonchev–Trinajstić information content (AvgIpc) is 3.44. The normalized spacial score (nSPS) is 14.3. The van der Waals surface area contributed by atoms with Crippen LogP contribution in [0.5, 0.6) is 0 Å². The second kappa shape index (κ2) is 59.8. The van der Waals surface area contributed by atoms with E-state index in [4.69, 9.17) is 13.8 Å². The van der Waals surface area contributed by atoms with Crippen LogP contribution in [0.1, 0.15) is 278 Å². The lowest BCUT2D eigenvalue weighted by Crippen LogP contribution is -2.47. The van der Waals surface area contributed by atoms with E-state index < -0.39 is 26.6 Å². The van der Waals surface area contributed by atoms with Gasteiger partial charge in [0.2, 0.25) is 5.91 Å². The van der Waals surface area contributed by atoms with Crippen LogP contribution in [-0.2, 0) is 27.9 Å². The molecule has 3 unspecified atom stereocenters. The zero-order valence-electron chi connectivity index (χ0n) is 53.2. The number of nitrogens with one attached hydrogen (secondary N) is 1. The van der Waals surface area contributed by atoms with Gasteiger partial charge < -0.3 is 28.5 Å². The second-order valence-electron chi connectivity index (χ2n) is 23.2. The molecule has 3 atom stereocenters. The fraction of sp³-hybridized carbons (Fsp3) is 0.718. The summed E-state index contributed by atoms with van der Waals surface area (Å²) in [6.45, 7) is 6.68. The van der Waals surface area contributed by atoms with Gasteiger partial charge in [0.25, 0.3) is 7.82 Å². The minimum absolute atomic E-state index is 0.0361. The molecule has 10 heteroatoms. The predicted molar refractivity (Wildman–Crippen MR) is 348 cm³/mol. The Morgan fingerprint density at radius 2 is 0.790 bits per heavy atom. The number of carbonyl (C=O) groups excluding carboxylic acids is 2. The number of quaternary nitrogens is 1. The summed E-state index contributed by atoms with van der Waals surface area (Å²) in [4.78, 5) is 40.1. The third-order valence-corrected chi connectivity index (χ3v) is 15.2. The maximum absolute atomic E-state index is 13.6. The van der Waals surface area contributed by atoms with Gasteiger partial charge >= 0.3 is 5.97 Å². The number of hydrogen-bond acceptors (Lipinski definition) is 7. The molecule has 0 aliphatic heterocycles. The zero-order valence-corrected chi connectivity index (χ0v) is 54.1. The summed E-state index contributed by atoms with van der Waals surface area (Å²) in [5.74, 6) is -0.595. The standard InChI is InChI=1S/C71H125N2O7P/c1-7-10-13-16-19-22-25-28-30-32-34-36-38-40-42-45-48-51-54-57-60-63-70(74)72-68(67-79-81(76,77)78-66-65-73(4,5)6)69(62-59-56-53-50-47-44-27-24-21-18-15-12-9-3)80-71(75)64-61-58-55-52-49-46-43-41-39-37-35-33-31-29-26-23-20-17-14-11-8-2/h10,13,19-20,22-23,28-31,34,36,40,42,48,51,59,62,68-69H,7-9,11-12,14-18,21,24-27,32-33,35,37-39,41,43-47,49-50,52-58,60-61,63-67H2,1-6H3,(H-,72,74,76,77)/b13-10-,22-19-,23-20-,30-28-,31-29-,36-34-,42-40-,51-48-,62-59+. The predicted octanol–water partition coefficient (Wildman–Crippen LogP) is 20.3. The molecule has 0 radical (unpaired) electrons. The van der Waals surface area contributed by atoms with Gasteiger partial charge in [0.15, 0.2) is 0 Å². The number of allylic oxidation sites excluding steroid dienone is 17. The number of phosphoric acid groups is 1. The number of ether oxygens (including phenoxy) is 1. The first-order chi connectivity index (χ1) is 39.4. The molecule has 0 fully saturated rings. The van der Waals surface area contributed by atoms with Gasteiger partial charge in [-0.25, -0.2) is 0 Å². The van der Waals surface area contributed by atoms with Crippen LogP contribution in [-0.4, -0.2) is 69.4 Å². The molecule has 1 amide bonds. The van der Waals surface area contributed by atoms with Crippen LogP contribution in [0.3, 0.4) is 0 Å². The Balaban J connectivity index is 5.30. The van der Waals surface area contributed by atoms with E-state index >= 15 is 0 Å². The van der Waals surface area contributed by atoms with Crippen LogP contribution < -0.4 is 10.2 Å². The highest BCUT2D eigenvalue weighted by Gasteiger charge is 2.27. The van der Waals surface area contributed by atoms with Crippen LogP contribution in [0.25, 0.3) is 0 Å². The average molecular weight is 1150 g/mol. The lowest BCUT2D eigenvalue weighted by Gasteiger charge is -2.30. The largest absolute Gasteiger partial charge is 0.756 e. The summed E-state index contributed by atoms with van der Waals surface area (Å²) in [6.07, 6.45) is 82.0. The molecule has 0 aromatic heterocycles. The molecule has 0 heterocycles. The number of esters is 1. The molecular weight excluding hydrogens is 1020 g/mol. The topological polar surface area (TPSA) is 114 Å². The van der Waals surface area contributed by atoms with Crippen molar-refractivity contribution < 1.29 is 37.3 Å². The molecule has 1 N–H and O–H groups in total. The van der Waals surface area contributed by atoms with Crippen molar-refractivity contribution in [3.8, 4) is 0 Å². The first kappa shape index (κ1) is 77.7. The Bertz CT molecular complexity index is 1750. The zero-order chi connectivity index (χ0) is 59.3. The number of nitrogens with zero attached hydrogens (tertiary/aromatic N) is 1. The quantitative estimate of drug-likeness (QED) is 0.0212. The van der Waals surface area contributed by atoms with Crippen molar-refractivity contribution in [2.75, 3.05) is 40.9 Å². The number of phosphoric ester groups is 1. The van der Waals surface area contributed by atoms with Crippen molar-refractivity contribution in [1.29, 1.82) is 0 Å². The van der Waals surface area contributed by atoms with Crippen LogP contribution in [0, 0.1) is 0 Å².